The number of carbonyl (C=O) groups excluding carboxylic acids is 2. The third-order valence-electron chi connectivity index (χ3n) is 2.33. The Balaban J connectivity index is 2.82. The van der Waals surface area contributed by atoms with E-state index in [9.17, 15) is 14.1 Å². The fourth-order valence-corrected chi connectivity index (χ4v) is 2.94. The number of ether oxygens (including phenoxy) is 1. The van der Waals surface area contributed by atoms with E-state index >= 15 is 0 Å². The number of hydrogen-bond donors (Lipinski definition) is 0. The van der Waals surface area contributed by atoms with Gasteiger partial charge in [-0.25, -0.2) is 0 Å². The van der Waals surface area contributed by atoms with Crippen LogP contribution in [0.4, 0.5) is 0 Å². The molecule has 0 spiro atoms. The molecule has 92 valence electrons. The highest BCUT2D eigenvalue weighted by Gasteiger charge is 2.66. The summed E-state index contributed by atoms with van der Waals surface area (Å²) >= 11 is -1.37. The summed E-state index contributed by atoms with van der Waals surface area (Å²) in [5.41, 5.74) is 0. The summed E-state index contributed by atoms with van der Waals surface area (Å²) in [5.74, 6) is -0.661. The summed E-state index contributed by atoms with van der Waals surface area (Å²) in [4.78, 5) is 22.7. The largest absolute Gasteiger partial charge is 0.597 e. The number of ketones is 1. The number of nitrogens with zero attached hydrogens (tertiary/aromatic N) is 1. The molecule has 0 aliphatic carbocycles. The number of hydrogen-bond acceptors (Lipinski definition) is 5. The highest BCUT2D eigenvalue weighted by Crippen LogP contribution is 2.38. The first kappa shape index (κ1) is 13.5. The Labute approximate surface area is 98.4 Å². The molecule has 0 bridgehead atoms. The summed E-state index contributed by atoms with van der Waals surface area (Å²) in [6.07, 6.45) is 0. The Hall–Kier alpha value is -0.590. The van der Waals surface area contributed by atoms with E-state index in [0.29, 0.717) is 0 Å². The second kappa shape index (κ2) is 4.35. The summed E-state index contributed by atoms with van der Waals surface area (Å²) in [7, 11) is 1.26. The van der Waals surface area contributed by atoms with Crippen molar-refractivity contribution in [2.24, 2.45) is 0 Å². The van der Waals surface area contributed by atoms with Crippen LogP contribution in [0, 0.1) is 0 Å². The fourth-order valence-electron chi connectivity index (χ4n) is 1.49. The topological polar surface area (TPSA) is 69.4 Å². The van der Waals surface area contributed by atoms with Crippen molar-refractivity contribution in [2.45, 2.75) is 44.5 Å². The minimum atomic E-state index is -1.37. The van der Waals surface area contributed by atoms with Gasteiger partial charge in [0, 0.05) is 11.4 Å². The van der Waals surface area contributed by atoms with Gasteiger partial charge in [0.1, 0.15) is 10.8 Å². The number of methoxy groups -OCH3 is 1. The van der Waals surface area contributed by atoms with Crippen LogP contribution in [0.15, 0.2) is 0 Å². The molecule has 1 fully saturated rings. The van der Waals surface area contributed by atoms with E-state index in [1.807, 2.05) is 0 Å². The fraction of sp³-hybridized carbons (Fsp3) is 0.800. The van der Waals surface area contributed by atoms with Gasteiger partial charge in [-0.1, -0.05) is 4.31 Å². The molecule has 0 N–H and O–H groups in total. The minimum absolute atomic E-state index is 0.159. The summed E-state index contributed by atoms with van der Waals surface area (Å²) in [6.45, 7) is 6.79. The zero-order chi connectivity index (χ0) is 12.7. The molecule has 1 rings (SSSR count). The van der Waals surface area contributed by atoms with Crippen molar-refractivity contribution >= 4 is 23.1 Å². The van der Waals surface area contributed by atoms with Gasteiger partial charge < -0.3 is 9.29 Å². The lowest BCUT2D eigenvalue weighted by Crippen LogP contribution is -2.36. The van der Waals surface area contributed by atoms with E-state index in [1.165, 1.54) is 18.3 Å². The van der Waals surface area contributed by atoms with Crippen LogP contribution in [0.25, 0.3) is 0 Å². The SMILES string of the molecule is COC(=O)[C@@H]1[C@H](C(C)=O)N1[S+]([O-])C(C)(C)C. The highest BCUT2D eigenvalue weighted by molar-refractivity contribution is 7.90. The molecular formula is C10H17NO4S. The van der Waals surface area contributed by atoms with Crippen LogP contribution >= 0.6 is 0 Å². The quantitative estimate of drug-likeness (QED) is 0.406. The van der Waals surface area contributed by atoms with Crippen LogP contribution < -0.4 is 0 Å². The molecule has 1 saturated heterocycles. The average Bonchev–Trinajstić information content (AvgIpc) is 2.88. The van der Waals surface area contributed by atoms with Gasteiger partial charge in [-0.15, -0.1) is 0 Å². The molecule has 1 aliphatic rings. The maximum Gasteiger partial charge on any atom is 0.330 e. The Morgan fingerprint density at radius 3 is 2.12 bits per heavy atom. The molecule has 0 amide bonds. The lowest BCUT2D eigenvalue weighted by Gasteiger charge is -2.24. The molecule has 1 heterocycles. The molecule has 5 nitrogen and oxygen atoms in total. The molecule has 6 heteroatoms. The minimum Gasteiger partial charge on any atom is -0.597 e. The van der Waals surface area contributed by atoms with Gasteiger partial charge in [0.2, 0.25) is 0 Å². The van der Waals surface area contributed by atoms with Crippen molar-refractivity contribution in [1.82, 2.24) is 4.31 Å². The number of Topliss-reactive ketones (excluding diaryl/α,β-unsaturated/α-hetero) is 1. The predicted octanol–water partition coefficient (Wildman–Crippen LogP) is 0.263. The predicted molar refractivity (Wildman–Crippen MR) is 60.0 cm³/mol. The molecule has 0 aromatic carbocycles. The van der Waals surface area contributed by atoms with Gasteiger partial charge in [-0.3, -0.25) is 9.59 Å². The summed E-state index contributed by atoms with van der Waals surface area (Å²) < 4.78 is 17.6. The molecule has 0 aromatic rings. The molecule has 0 aromatic heterocycles. The van der Waals surface area contributed by atoms with Gasteiger partial charge in [-0.05, 0) is 27.7 Å². The second-order valence-electron chi connectivity index (χ2n) is 4.74. The van der Waals surface area contributed by atoms with E-state index < -0.39 is 34.2 Å². The first-order chi connectivity index (χ1) is 7.21. The van der Waals surface area contributed by atoms with Crippen LogP contribution in [0.1, 0.15) is 27.7 Å². The third kappa shape index (κ3) is 2.39. The van der Waals surface area contributed by atoms with Crippen LogP contribution in [-0.2, 0) is 25.7 Å². The van der Waals surface area contributed by atoms with Gasteiger partial charge in [0.15, 0.2) is 11.8 Å². The second-order valence-corrected chi connectivity index (χ2v) is 6.89. The molecular weight excluding hydrogens is 230 g/mol. The van der Waals surface area contributed by atoms with Gasteiger partial charge in [-0.2, -0.15) is 0 Å². The summed E-state index contributed by atoms with van der Waals surface area (Å²) in [6, 6.07) is -1.27. The Kier molecular flexibility index (Phi) is 3.66. The van der Waals surface area contributed by atoms with Crippen LogP contribution in [0.2, 0.25) is 0 Å². The van der Waals surface area contributed by atoms with Crippen molar-refractivity contribution in [1.29, 1.82) is 0 Å². The third-order valence-corrected chi connectivity index (χ3v) is 4.22. The first-order valence-electron chi connectivity index (χ1n) is 5.00. The molecule has 0 radical (unpaired) electrons. The zero-order valence-electron chi connectivity index (χ0n) is 10.1. The van der Waals surface area contributed by atoms with Crippen molar-refractivity contribution in [3.05, 3.63) is 0 Å². The molecule has 4 atom stereocenters. The van der Waals surface area contributed by atoms with E-state index in [0.717, 1.165) is 0 Å². The van der Waals surface area contributed by atoms with Gasteiger partial charge >= 0.3 is 5.97 Å². The molecule has 2 unspecified atom stereocenters. The molecule has 16 heavy (non-hydrogen) atoms. The van der Waals surface area contributed by atoms with Crippen LogP contribution in [0.5, 0.6) is 0 Å². The Bertz CT molecular complexity index is 312. The Morgan fingerprint density at radius 2 is 1.81 bits per heavy atom. The van der Waals surface area contributed by atoms with Crippen molar-refractivity contribution < 1.29 is 18.9 Å². The van der Waals surface area contributed by atoms with Crippen molar-refractivity contribution in [3.63, 3.8) is 0 Å². The first-order valence-corrected chi connectivity index (χ1v) is 6.11. The Morgan fingerprint density at radius 1 is 1.31 bits per heavy atom. The van der Waals surface area contributed by atoms with Crippen molar-refractivity contribution in [2.75, 3.05) is 7.11 Å². The maximum atomic E-state index is 12.0. The van der Waals surface area contributed by atoms with Gasteiger partial charge in [0.25, 0.3) is 0 Å². The van der Waals surface area contributed by atoms with Crippen molar-refractivity contribution in [3.8, 4) is 0 Å². The van der Waals surface area contributed by atoms with Crippen LogP contribution in [-0.4, -0.2) is 44.6 Å². The lowest BCUT2D eigenvalue weighted by atomic mass is 10.2. The van der Waals surface area contributed by atoms with E-state index in [2.05, 4.69) is 4.74 Å². The van der Waals surface area contributed by atoms with E-state index in [-0.39, 0.29) is 5.78 Å². The average molecular weight is 247 g/mol. The lowest BCUT2D eigenvalue weighted by molar-refractivity contribution is -0.141. The summed E-state index contributed by atoms with van der Waals surface area (Å²) in [5, 5.41) is 0. The maximum absolute atomic E-state index is 12.0. The smallest absolute Gasteiger partial charge is 0.330 e. The van der Waals surface area contributed by atoms with Crippen LogP contribution in [0.3, 0.4) is 0 Å². The number of carbonyl (C=O) groups is 2. The highest BCUT2D eigenvalue weighted by atomic mass is 32.2. The number of rotatable bonds is 3. The monoisotopic (exact) mass is 247 g/mol. The molecule has 0 saturated carbocycles. The van der Waals surface area contributed by atoms with E-state index in [4.69, 9.17) is 0 Å². The van der Waals surface area contributed by atoms with E-state index in [1.54, 1.807) is 20.8 Å². The zero-order valence-corrected chi connectivity index (χ0v) is 11.0. The standard InChI is InChI=1S/C10H17NO4S/c1-6(12)7-8(9(13)15-5)11(7)16(14)10(2,3)4/h7-8H,1-5H3/t7-,8-,11?,16?/m0/s1. The van der Waals surface area contributed by atoms with Gasteiger partial charge in [0.05, 0.1) is 7.11 Å². The molecule has 1 aliphatic heterocycles. The number of esters is 1. The normalized spacial score (nSPS) is 30.8.